The lowest BCUT2D eigenvalue weighted by Crippen LogP contribution is -2.41. The third-order valence-electron chi connectivity index (χ3n) is 4.75. The molecule has 0 aromatic carbocycles. The van der Waals surface area contributed by atoms with Gasteiger partial charge >= 0.3 is 7.12 Å². The topological polar surface area (TPSA) is 34.6 Å². The minimum Gasteiger partial charge on any atom is -0.399 e. The molecule has 2 fully saturated rings. The zero-order valence-electron chi connectivity index (χ0n) is 13.1. The lowest BCUT2D eigenvalue weighted by Gasteiger charge is -2.32. The number of nitrogens with zero attached hydrogens (tertiary/aromatic N) is 2. The van der Waals surface area contributed by atoms with Crippen molar-refractivity contribution in [3.63, 3.8) is 0 Å². The Balaban J connectivity index is 1.81. The fraction of sp³-hybridized carbons (Fsp3) is 0.667. The second kappa shape index (κ2) is 4.95. The molecule has 114 valence electrons. The van der Waals surface area contributed by atoms with Crippen molar-refractivity contribution >= 4 is 18.4 Å². The van der Waals surface area contributed by atoms with Gasteiger partial charge in [-0.05, 0) is 51.7 Å². The summed E-state index contributed by atoms with van der Waals surface area (Å²) in [5.74, 6) is 0.794. The van der Waals surface area contributed by atoms with Crippen molar-refractivity contribution in [2.45, 2.75) is 51.5 Å². The Morgan fingerprint density at radius 2 is 1.95 bits per heavy atom. The largest absolute Gasteiger partial charge is 0.495 e. The highest BCUT2D eigenvalue weighted by Crippen LogP contribution is 2.36. The van der Waals surface area contributed by atoms with Gasteiger partial charge < -0.3 is 14.2 Å². The standard InChI is InChI=1S/C15H22BFN2O2/c1-14(2)15(3,4)21-16(20-14)11-5-7-18-13(9-11)19-8-6-12(17)10-19/h5,7,9,12H,6,8,10H2,1-4H3. The first-order valence-corrected chi connectivity index (χ1v) is 7.49. The van der Waals surface area contributed by atoms with Crippen LogP contribution in [0, 0.1) is 0 Å². The quantitative estimate of drug-likeness (QED) is 0.780. The highest BCUT2D eigenvalue weighted by Gasteiger charge is 2.51. The van der Waals surface area contributed by atoms with E-state index in [0.29, 0.717) is 19.5 Å². The van der Waals surface area contributed by atoms with Gasteiger partial charge in [-0.2, -0.15) is 0 Å². The SMILES string of the molecule is CC1(C)OB(c2ccnc(N3CCC(F)C3)c2)OC1(C)C. The van der Waals surface area contributed by atoms with Crippen LogP contribution in [0.15, 0.2) is 18.3 Å². The Morgan fingerprint density at radius 1 is 1.29 bits per heavy atom. The second-order valence-electron chi connectivity index (χ2n) is 6.87. The minimum atomic E-state index is -0.757. The van der Waals surface area contributed by atoms with Gasteiger partial charge in [0.1, 0.15) is 12.0 Å². The lowest BCUT2D eigenvalue weighted by molar-refractivity contribution is 0.00578. The summed E-state index contributed by atoms with van der Waals surface area (Å²) in [5, 5.41) is 0. The molecule has 0 saturated carbocycles. The molecule has 21 heavy (non-hydrogen) atoms. The van der Waals surface area contributed by atoms with Gasteiger partial charge in [0, 0.05) is 12.7 Å². The highest BCUT2D eigenvalue weighted by atomic mass is 19.1. The molecule has 2 saturated heterocycles. The summed E-state index contributed by atoms with van der Waals surface area (Å²) in [5.41, 5.74) is 0.207. The molecular formula is C15H22BFN2O2. The molecule has 0 aliphatic carbocycles. The average Bonchev–Trinajstić information content (AvgIpc) is 2.92. The van der Waals surface area contributed by atoms with Crippen molar-refractivity contribution in [3.8, 4) is 0 Å². The van der Waals surface area contributed by atoms with Gasteiger partial charge in [-0.3, -0.25) is 0 Å². The Hall–Kier alpha value is -1.14. The minimum absolute atomic E-state index is 0.362. The number of hydrogen-bond donors (Lipinski definition) is 0. The van der Waals surface area contributed by atoms with E-state index in [4.69, 9.17) is 9.31 Å². The maximum Gasteiger partial charge on any atom is 0.495 e. The first-order chi connectivity index (χ1) is 9.78. The van der Waals surface area contributed by atoms with Crippen LogP contribution in [-0.4, -0.2) is 42.6 Å². The van der Waals surface area contributed by atoms with Gasteiger partial charge in [0.2, 0.25) is 0 Å². The van der Waals surface area contributed by atoms with Gasteiger partial charge in [0.15, 0.2) is 0 Å². The smallest absolute Gasteiger partial charge is 0.399 e. The normalized spacial score (nSPS) is 27.4. The molecule has 1 aromatic heterocycles. The molecule has 4 nitrogen and oxygen atoms in total. The van der Waals surface area contributed by atoms with Gasteiger partial charge in [0.05, 0.1) is 17.7 Å². The van der Waals surface area contributed by atoms with E-state index in [2.05, 4.69) is 4.98 Å². The molecule has 0 radical (unpaired) electrons. The Morgan fingerprint density at radius 3 is 2.52 bits per heavy atom. The van der Waals surface area contributed by atoms with E-state index in [0.717, 1.165) is 11.3 Å². The van der Waals surface area contributed by atoms with Crippen LogP contribution < -0.4 is 10.4 Å². The van der Waals surface area contributed by atoms with Crippen LogP contribution >= 0.6 is 0 Å². The maximum absolute atomic E-state index is 13.3. The van der Waals surface area contributed by atoms with Crippen molar-refractivity contribution in [3.05, 3.63) is 18.3 Å². The summed E-state index contributed by atoms with van der Waals surface area (Å²) < 4.78 is 25.4. The van der Waals surface area contributed by atoms with Crippen LogP contribution in [0.25, 0.3) is 0 Å². The third kappa shape index (κ3) is 2.67. The van der Waals surface area contributed by atoms with E-state index >= 15 is 0 Å². The predicted octanol–water partition coefficient (Wildman–Crippen LogP) is 1.93. The summed E-state index contributed by atoms with van der Waals surface area (Å²) in [6.45, 7) is 9.25. The third-order valence-corrected chi connectivity index (χ3v) is 4.75. The fourth-order valence-corrected chi connectivity index (χ4v) is 2.66. The molecule has 0 spiro atoms. The summed E-state index contributed by atoms with van der Waals surface area (Å²) in [6.07, 6.45) is 1.55. The zero-order valence-corrected chi connectivity index (χ0v) is 13.1. The van der Waals surface area contributed by atoms with Crippen LogP contribution in [0.5, 0.6) is 0 Å². The summed E-state index contributed by atoms with van der Waals surface area (Å²) in [7, 11) is -0.402. The van der Waals surface area contributed by atoms with E-state index in [-0.39, 0.29) is 11.2 Å². The first-order valence-electron chi connectivity index (χ1n) is 7.49. The van der Waals surface area contributed by atoms with Crippen LogP contribution in [0.1, 0.15) is 34.1 Å². The molecule has 1 unspecified atom stereocenters. The predicted molar refractivity (Wildman–Crippen MR) is 81.7 cm³/mol. The molecule has 1 atom stereocenters. The van der Waals surface area contributed by atoms with Crippen molar-refractivity contribution < 1.29 is 13.7 Å². The second-order valence-corrected chi connectivity index (χ2v) is 6.87. The van der Waals surface area contributed by atoms with Gasteiger partial charge in [-0.25, -0.2) is 9.37 Å². The monoisotopic (exact) mass is 292 g/mol. The lowest BCUT2D eigenvalue weighted by atomic mass is 9.79. The van der Waals surface area contributed by atoms with Crippen LogP contribution in [0.3, 0.4) is 0 Å². The van der Waals surface area contributed by atoms with E-state index in [1.165, 1.54) is 0 Å². The van der Waals surface area contributed by atoms with Crippen LogP contribution in [0.2, 0.25) is 0 Å². The van der Waals surface area contributed by atoms with Gasteiger partial charge in [-0.1, -0.05) is 0 Å². The number of rotatable bonds is 2. The highest BCUT2D eigenvalue weighted by molar-refractivity contribution is 6.62. The molecule has 3 heterocycles. The summed E-state index contributed by atoms with van der Waals surface area (Å²) >= 11 is 0. The molecule has 6 heteroatoms. The first kappa shape index (κ1) is 14.8. The number of anilines is 1. The fourth-order valence-electron chi connectivity index (χ4n) is 2.66. The molecule has 0 amide bonds. The molecule has 2 aliphatic rings. The average molecular weight is 292 g/mol. The van der Waals surface area contributed by atoms with E-state index in [9.17, 15) is 4.39 Å². The number of alkyl halides is 1. The Kier molecular flexibility index (Phi) is 3.49. The van der Waals surface area contributed by atoms with Crippen LogP contribution in [-0.2, 0) is 9.31 Å². The van der Waals surface area contributed by atoms with Gasteiger partial charge in [0.25, 0.3) is 0 Å². The molecule has 2 aliphatic heterocycles. The van der Waals surface area contributed by atoms with Crippen molar-refractivity contribution in [1.82, 2.24) is 4.98 Å². The maximum atomic E-state index is 13.3. The molecule has 3 rings (SSSR count). The molecule has 0 bridgehead atoms. The van der Waals surface area contributed by atoms with Crippen molar-refractivity contribution in [2.75, 3.05) is 18.0 Å². The number of aromatic nitrogens is 1. The Labute approximate surface area is 125 Å². The zero-order chi connectivity index (χ0) is 15.3. The summed E-state index contributed by atoms with van der Waals surface area (Å²) in [4.78, 5) is 6.32. The summed E-state index contributed by atoms with van der Waals surface area (Å²) in [6, 6.07) is 3.84. The number of halogens is 1. The van der Waals surface area contributed by atoms with E-state index < -0.39 is 13.3 Å². The van der Waals surface area contributed by atoms with Crippen molar-refractivity contribution in [1.29, 1.82) is 0 Å². The van der Waals surface area contributed by atoms with Crippen LogP contribution in [0.4, 0.5) is 10.2 Å². The number of hydrogen-bond acceptors (Lipinski definition) is 4. The number of pyridine rings is 1. The van der Waals surface area contributed by atoms with Crippen molar-refractivity contribution in [2.24, 2.45) is 0 Å². The van der Waals surface area contributed by atoms with E-state index in [1.54, 1.807) is 6.20 Å². The van der Waals surface area contributed by atoms with E-state index in [1.807, 2.05) is 44.7 Å². The molecule has 0 N–H and O–H groups in total. The molecule has 1 aromatic rings. The van der Waals surface area contributed by atoms with Gasteiger partial charge in [-0.15, -0.1) is 0 Å². The Bertz CT molecular complexity index is 522. The molecular weight excluding hydrogens is 270 g/mol.